The van der Waals surface area contributed by atoms with Crippen molar-refractivity contribution >= 4 is 34.3 Å². The molecule has 1 aromatic heterocycles. The Balaban J connectivity index is 1.39. The van der Waals surface area contributed by atoms with Gasteiger partial charge in [0.2, 0.25) is 5.91 Å². The van der Waals surface area contributed by atoms with Crippen LogP contribution in [0.3, 0.4) is 0 Å². The molecule has 4 rings (SSSR count). The molecule has 1 amide bonds. The maximum atomic E-state index is 12.4. The lowest BCUT2D eigenvalue weighted by Crippen LogP contribution is -2.20. The minimum absolute atomic E-state index is 0.00596. The molecule has 0 saturated heterocycles. The Kier molecular flexibility index (Phi) is 4.47. The van der Waals surface area contributed by atoms with Gasteiger partial charge in [-0.3, -0.25) is 14.4 Å². The molecule has 28 heavy (non-hydrogen) atoms. The van der Waals surface area contributed by atoms with Crippen molar-refractivity contribution in [3.05, 3.63) is 64.9 Å². The van der Waals surface area contributed by atoms with Gasteiger partial charge in [-0.15, -0.1) is 0 Å². The van der Waals surface area contributed by atoms with Gasteiger partial charge in [0.15, 0.2) is 12.4 Å². The van der Waals surface area contributed by atoms with Crippen LogP contribution in [0.15, 0.2) is 47.1 Å². The first-order chi connectivity index (χ1) is 13.4. The van der Waals surface area contributed by atoms with Crippen molar-refractivity contribution in [1.82, 2.24) is 0 Å². The van der Waals surface area contributed by atoms with Crippen molar-refractivity contribution in [2.24, 2.45) is 0 Å². The van der Waals surface area contributed by atoms with E-state index in [4.69, 9.17) is 9.15 Å². The van der Waals surface area contributed by atoms with Gasteiger partial charge in [-0.25, -0.2) is 0 Å². The topological polar surface area (TPSA) is 76.8 Å². The molecule has 0 N–H and O–H groups in total. The zero-order valence-electron chi connectivity index (χ0n) is 15.7. The van der Waals surface area contributed by atoms with E-state index >= 15 is 0 Å². The molecular weight excluding hydrogens is 358 g/mol. The number of ketones is 1. The maximum absolute atomic E-state index is 12.4. The molecule has 0 atom stereocenters. The van der Waals surface area contributed by atoms with E-state index in [2.05, 4.69) is 0 Å². The summed E-state index contributed by atoms with van der Waals surface area (Å²) in [5.74, 6) is -0.799. The van der Waals surface area contributed by atoms with Crippen LogP contribution in [0.1, 0.15) is 27.0 Å². The largest absolute Gasteiger partial charge is 0.464 e. The van der Waals surface area contributed by atoms with E-state index in [1.165, 1.54) is 0 Å². The SMILES string of the molecule is Cc1ccc2c(CC(=O)OCC(=O)c3ccc4c(c3)CC(=O)N4C)coc2c1. The number of carbonyl (C=O) groups excluding carboxylic acids is 3. The summed E-state index contributed by atoms with van der Waals surface area (Å²) in [6, 6.07) is 10.9. The molecule has 0 aliphatic carbocycles. The lowest BCUT2D eigenvalue weighted by molar-refractivity contribution is -0.141. The first-order valence-corrected chi connectivity index (χ1v) is 8.97. The Labute approximate surface area is 161 Å². The average Bonchev–Trinajstić information content (AvgIpc) is 3.19. The monoisotopic (exact) mass is 377 g/mol. The number of Topliss-reactive ketones (excluding diaryl/α,β-unsaturated/α-hetero) is 1. The van der Waals surface area contributed by atoms with Crippen LogP contribution in [-0.4, -0.2) is 31.3 Å². The maximum Gasteiger partial charge on any atom is 0.310 e. The number of ether oxygens (including phenoxy) is 1. The van der Waals surface area contributed by atoms with Gasteiger partial charge < -0.3 is 14.1 Å². The van der Waals surface area contributed by atoms with Gasteiger partial charge in [0.1, 0.15) is 5.58 Å². The molecule has 2 heterocycles. The van der Waals surface area contributed by atoms with Gasteiger partial charge >= 0.3 is 5.97 Å². The second-order valence-corrected chi connectivity index (χ2v) is 6.99. The van der Waals surface area contributed by atoms with Crippen LogP contribution < -0.4 is 4.90 Å². The van der Waals surface area contributed by atoms with Crippen molar-refractivity contribution in [3.8, 4) is 0 Å². The van der Waals surface area contributed by atoms with Crippen LogP contribution in [0.4, 0.5) is 5.69 Å². The highest BCUT2D eigenvalue weighted by atomic mass is 16.5. The summed E-state index contributed by atoms with van der Waals surface area (Å²) >= 11 is 0. The lowest BCUT2D eigenvalue weighted by Gasteiger charge is -2.10. The van der Waals surface area contributed by atoms with Crippen molar-refractivity contribution in [1.29, 1.82) is 0 Å². The number of amides is 1. The number of rotatable bonds is 5. The summed E-state index contributed by atoms with van der Waals surface area (Å²) in [5.41, 5.74) is 4.57. The predicted molar refractivity (Wildman–Crippen MR) is 104 cm³/mol. The zero-order chi connectivity index (χ0) is 19.8. The Hall–Kier alpha value is -3.41. The minimum Gasteiger partial charge on any atom is -0.464 e. The number of fused-ring (bicyclic) bond motifs is 2. The van der Waals surface area contributed by atoms with E-state index in [-0.39, 0.29) is 31.1 Å². The average molecular weight is 377 g/mol. The van der Waals surface area contributed by atoms with Crippen LogP contribution in [0.25, 0.3) is 11.0 Å². The zero-order valence-corrected chi connectivity index (χ0v) is 15.7. The molecule has 142 valence electrons. The molecule has 0 fully saturated rings. The number of benzene rings is 2. The lowest BCUT2D eigenvalue weighted by atomic mass is 10.1. The van der Waals surface area contributed by atoms with Gasteiger partial charge in [0, 0.05) is 29.2 Å². The highest BCUT2D eigenvalue weighted by Crippen LogP contribution is 2.28. The number of furan rings is 1. The van der Waals surface area contributed by atoms with Crippen LogP contribution in [0.2, 0.25) is 0 Å². The standard InChI is InChI=1S/C22H19NO5/c1-13-3-5-17-16(11-27-20(17)7-13)10-22(26)28-12-19(24)14-4-6-18-15(8-14)9-21(25)23(18)2/h3-8,11H,9-10,12H2,1-2H3. The minimum atomic E-state index is -0.493. The number of carbonyl (C=O) groups is 3. The first kappa shape index (κ1) is 18.0. The summed E-state index contributed by atoms with van der Waals surface area (Å²) < 4.78 is 10.6. The third-order valence-corrected chi connectivity index (χ3v) is 4.99. The van der Waals surface area contributed by atoms with Crippen molar-refractivity contribution in [3.63, 3.8) is 0 Å². The quantitative estimate of drug-likeness (QED) is 0.504. The highest BCUT2D eigenvalue weighted by molar-refractivity contribution is 6.04. The molecule has 0 unspecified atom stereocenters. The molecular formula is C22H19NO5. The summed E-state index contributed by atoms with van der Waals surface area (Å²) in [5, 5.41) is 0.862. The highest BCUT2D eigenvalue weighted by Gasteiger charge is 2.25. The summed E-state index contributed by atoms with van der Waals surface area (Å²) in [7, 11) is 1.71. The number of likely N-dealkylation sites (N-methyl/N-ethyl adjacent to an activating group) is 1. The van der Waals surface area contributed by atoms with E-state index in [1.54, 1.807) is 36.4 Å². The molecule has 3 aromatic rings. The second-order valence-electron chi connectivity index (χ2n) is 6.99. The third-order valence-electron chi connectivity index (χ3n) is 4.99. The normalized spacial score (nSPS) is 13.1. The predicted octanol–water partition coefficient (Wildman–Crippen LogP) is 3.23. The Morgan fingerprint density at radius 3 is 2.82 bits per heavy atom. The Morgan fingerprint density at radius 1 is 1.18 bits per heavy atom. The van der Waals surface area contributed by atoms with Crippen molar-refractivity contribution < 1.29 is 23.5 Å². The summed E-state index contributed by atoms with van der Waals surface area (Å²) in [4.78, 5) is 37.9. The van der Waals surface area contributed by atoms with Crippen LogP contribution in [0.5, 0.6) is 0 Å². The number of esters is 1. The smallest absolute Gasteiger partial charge is 0.310 e. The number of anilines is 1. The van der Waals surface area contributed by atoms with Gasteiger partial charge in [0.05, 0.1) is 19.1 Å². The summed E-state index contributed by atoms with van der Waals surface area (Å²) in [6.07, 6.45) is 1.85. The Morgan fingerprint density at radius 2 is 2.00 bits per heavy atom. The van der Waals surface area contributed by atoms with Gasteiger partial charge in [0.25, 0.3) is 0 Å². The molecule has 6 heteroatoms. The third kappa shape index (κ3) is 3.29. The van der Waals surface area contributed by atoms with E-state index in [1.807, 2.05) is 25.1 Å². The number of hydrogen-bond acceptors (Lipinski definition) is 5. The van der Waals surface area contributed by atoms with Gasteiger partial charge in [-0.05, 0) is 42.3 Å². The molecule has 0 spiro atoms. The molecule has 0 radical (unpaired) electrons. The molecule has 1 aliphatic rings. The van der Waals surface area contributed by atoms with Crippen molar-refractivity contribution in [2.45, 2.75) is 19.8 Å². The van der Waals surface area contributed by atoms with Crippen LogP contribution in [0, 0.1) is 6.92 Å². The van der Waals surface area contributed by atoms with E-state index < -0.39 is 5.97 Å². The molecule has 0 bridgehead atoms. The number of nitrogens with zero attached hydrogens (tertiary/aromatic N) is 1. The number of aryl methyl sites for hydroxylation is 1. The fraction of sp³-hybridized carbons (Fsp3) is 0.227. The molecule has 0 saturated carbocycles. The fourth-order valence-corrected chi connectivity index (χ4v) is 3.41. The second kappa shape index (κ2) is 6.96. The summed E-state index contributed by atoms with van der Waals surface area (Å²) in [6.45, 7) is 1.63. The molecule has 1 aliphatic heterocycles. The number of hydrogen-bond donors (Lipinski definition) is 0. The van der Waals surface area contributed by atoms with Gasteiger partial charge in [-0.2, -0.15) is 0 Å². The van der Waals surface area contributed by atoms with Crippen molar-refractivity contribution in [2.75, 3.05) is 18.6 Å². The first-order valence-electron chi connectivity index (χ1n) is 8.97. The molecule has 6 nitrogen and oxygen atoms in total. The van der Waals surface area contributed by atoms with Gasteiger partial charge in [-0.1, -0.05) is 12.1 Å². The van der Waals surface area contributed by atoms with Crippen LogP contribution in [-0.2, 0) is 27.2 Å². The van der Waals surface area contributed by atoms with Crippen LogP contribution >= 0.6 is 0 Å². The van der Waals surface area contributed by atoms with E-state index in [0.29, 0.717) is 5.56 Å². The van der Waals surface area contributed by atoms with E-state index in [9.17, 15) is 14.4 Å². The Bertz CT molecular complexity index is 1110. The molecule has 2 aromatic carbocycles. The fourth-order valence-electron chi connectivity index (χ4n) is 3.41. The van der Waals surface area contributed by atoms with E-state index in [0.717, 1.165) is 33.3 Å².